The molecule has 1 fully saturated rings. The number of nitrogens with one attached hydrogen (secondary N) is 1. The van der Waals surface area contributed by atoms with Gasteiger partial charge >= 0.3 is 0 Å². The van der Waals surface area contributed by atoms with E-state index in [0.29, 0.717) is 12.1 Å². The number of piperidine rings is 1. The van der Waals surface area contributed by atoms with Crippen LogP contribution in [0.25, 0.3) is 11.0 Å². The molecule has 0 unspecified atom stereocenters. The minimum Gasteiger partial charge on any atom is -0.371 e. The molecule has 0 atom stereocenters. The molecule has 4 rings (SSSR count). The monoisotopic (exact) mass is 483 g/mol. The molecule has 2 aromatic carbocycles. The van der Waals surface area contributed by atoms with Gasteiger partial charge in [0, 0.05) is 46.0 Å². The van der Waals surface area contributed by atoms with Gasteiger partial charge in [-0.1, -0.05) is 12.1 Å². The number of hydrogen-bond donors (Lipinski definition) is 1. The number of rotatable bonds is 8. The van der Waals surface area contributed by atoms with E-state index in [-0.39, 0.29) is 10.8 Å². The highest BCUT2D eigenvalue weighted by Crippen LogP contribution is 2.28. The molecule has 182 valence electrons. The van der Waals surface area contributed by atoms with Gasteiger partial charge in [-0.25, -0.2) is 17.7 Å². The highest BCUT2D eigenvalue weighted by atomic mass is 32.2. The Kier molecular flexibility index (Phi) is 7.23. The average molecular weight is 484 g/mol. The van der Waals surface area contributed by atoms with E-state index < -0.39 is 10.0 Å². The van der Waals surface area contributed by atoms with Gasteiger partial charge in [-0.2, -0.15) is 0 Å². The summed E-state index contributed by atoms with van der Waals surface area (Å²) in [4.78, 5) is 20.1. The second-order valence-electron chi connectivity index (χ2n) is 8.92. The average Bonchev–Trinajstić information content (AvgIpc) is 3.16. The van der Waals surface area contributed by atoms with Crippen LogP contribution in [0.1, 0.15) is 41.9 Å². The summed E-state index contributed by atoms with van der Waals surface area (Å²) < 4.78 is 28.7. The van der Waals surface area contributed by atoms with E-state index in [2.05, 4.69) is 25.8 Å². The van der Waals surface area contributed by atoms with Crippen molar-refractivity contribution in [3.05, 3.63) is 53.9 Å². The lowest BCUT2D eigenvalue weighted by molar-refractivity contribution is 0.0953. The normalized spacial score (nSPS) is 14.6. The van der Waals surface area contributed by atoms with Crippen LogP contribution in [0.15, 0.2) is 47.4 Å². The minimum atomic E-state index is -3.64. The highest BCUT2D eigenvalue weighted by Gasteiger charge is 2.24. The molecule has 1 aromatic heterocycles. The number of para-hydroxylation sites is 2. The molecule has 0 spiro atoms. The molecular formula is C25H33N5O3S. The first-order chi connectivity index (χ1) is 16.3. The third-order valence-electron chi connectivity index (χ3n) is 6.38. The zero-order valence-electron chi connectivity index (χ0n) is 20.1. The Morgan fingerprint density at radius 3 is 2.56 bits per heavy atom. The Labute approximate surface area is 201 Å². The van der Waals surface area contributed by atoms with Gasteiger partial charge in [0.25, 0.3) is 5.91 Å². The number of fused-ring (bicyclic) bond motifs is 1. The van der Waals surface area contributed by atoms with Gasteiger partial charge in [0.2, 0.25) is 10.0 Å². The van der Waals surface area contributed by atoms with E-state index in [1.165, 1.54) is 30.9 Å². The number of carbonyl (C=O) groups excluding carboxylic acids is 1. The van der Waals surface area contributed by atoms with Crippen molar-refractivity contribution < 1.29 is 13.2 Å². The van der Waals surface area contributed by atoms with E-state index >= 15 is 0 Å². The molecular weight excluding hydrogens is 450 g/mol. The van der Waals surface area contributed by atoms with E-state index in [1.807, 2.05) is 25.1 Å². The Hall–Kier alpha value is -2.91. The van der Waals surface area contributed by atoms with Crippen molar-refractivity contribution >= 4 is 32.7 Å². The lowest BCUT2D eigenvalue weighted by Gasteiger charge is -2.30. The maximum absolute atomic E-state index is 13.2. The number of nitrogens with zero attached hydrogens (tertiary/aromatic N) is 4. The van der Waals surface area contributed by atoms with Crippen molar-refractivity contribution in [1.29, 1.82) is 0 Å². The van der Waals surface area contributed by atoms with Crippen LogP contribution in [0, 0.1) is 6.92 Å². The number of aromatic nitrogens is 2. The van der Waals surface area contributed by atoms with Crippen LogP contribution >= 0.6 is 0 Å². The number of amides is 1. The molecule has 34 heavy (non-hydrogen) atoms. The molecule has 0 radical (unpaired) electrons. The van der Waals surface area contributed by atoms with Crippen LogP contribution in [-0.2, 0) is 16.6 Å². The van der Waals surface area contributed by atoms with Crippen molar-refractivity contribution in [3.8, 4) is 0 Å². The van der Waals surface area contributed by atoms with Gasteiger partial charge in [-0.3, -0.25) is 4.79 Å². The van der Waals surface area contributed by atoms with Crippen LogP contribution in [0.3, 0.4) is 0 Å². The van der Waals surface area contributed by atoms with Gasteiger partial charge in [0.05, 0.1) is 21.5 Å². The first-order valence-electron chi connectivity index (χ1n) is 11.8. The Bertz CT molecular complexity index is 1280. The molecule has 1 aliphatic heterocycles. The van der Waals surface area contributed by atoms with Crippen LogP contribution in [0.5, 0.6) is 0 Å². The third-order valence-corrected chi connectivity index (χ3v) is 8.19. The zero-order chi connectivity index (χ0) is 24.3. The number of sulfonamides is 1. The Balaban J connectivity index is 1.50. The highest BCUT2D eigenvalue weighted by molar-refractivity contribution is 7.89. The second kappa shape index (κ2) is 10.1. The van der Waals surface area contributed by atoms with Crippen molar-refractivity contribution in [2.24, 2.45) is 0 Å². The van der Waals surface area contributed by atoms with Crippen molar-refractivity contribution in [3.63, 3.8) is 0 Å². The fourth-order valence-corrected chi connectivity index (χ4v) is 5.42. The molecule has 0 aliphatic carbocycles. The topological polar surface area (TPSA) is 87.5 Å². The summed E-state index contributed by atoms with van der Waals surface area (Å²) in [5.74, 6) is 0.699. The van der Waals surface area contributed by atoms with Crippen LogP contribution in [0.2, 0.25) is 0 Å². The summed E-state index contributed by atoms with van der Waals surface area (Å²) in [6.07, 6.45) is 4.04. The molecule has 8 nitrogen and oxygen atoms in total. The van der Waals surface area contributed by atoms with Gasteiger partial charge < -0.3 is 14.8 Å². The van der Waals surface area contributed by atoms with Gasteiger partial charge in [0.15, 0.2) is 0 Å². The molecule has 9 heteroatoms. The Morgan fingerprint density at radius 2 is 1.82 bits per heavy atom. The Morgan fingerprint density at radius 1 is 1.09 bits per heavy atom. The van der Waals surface area contributed by atoms with Crippen molar-refractivity contribution in [2.45, 2.75) is 44.0 Å². The first kappa shape index (κ1) is 24.2. The number of anilines is 1. The summed E-state index contributed by atoms with van der Waals surface area (Å²) in [6, 6.07) is 12.9. The summed E-state index contributed by atoms with van der Waals surface area (Å²) in [5, 5.41) is 3.01. The lowest BCUT2D eigenvalue weighted by Crippen LogP contribution is -2.33. The third kappa shape index (κ3) is 4.95. The molecule has 1 amide bonds. The smallest absolute Gasteiger partial charge is 0.253 e. The minimum absolute atomic E-state index is 0.129. The van der Waals surface area contributed by atoms with Crippen molar-refractivity contribution in [2.75, 3.05) is 38.6 Å². The van der Waals surface area contributed by atoms with Crippen LogP contribution in [-0.4, -0.2) is 61.9 Å². The van der Waals surface area contributed by atoms with Crippen LogP contribution in [0.4, 0.5) is 5.69 Å². The number of aryl methyl sites for hydroxylation is 2. The second-order valence-corrected chi connectivity index (χ2v) is 11.1. The van der Waals surface area contributed by atoms with E-state index in [9.17, 15) is 13.2 Å². The number of benzene rings is 2. The molecule has 0 bridgehead atoms. The van der Waals surface area contributed by atoms with Crippen LogP contribution < -0.4 is 10.2 Å². The molecule has 1 saturated heterocycles. The van der Waals surface area contributed by atoms with Gasteiger partial charge in [0.1, 0.15) is 5.82 Å². The SMILES string of the molecule is Cc1nc2ccccc2n1CCCNC(=O)c1cc(S(=O)(=O)N(C)C)ccc1N1CCCCC1. The first-order valence-corrected chi connectivity index (χ1v) is 13.2. The number of carbonyl (C=O) groups is 1. The van der Waals surface area contributed by atoms with E-state index in [4.69, 9.17) is 0 Å². The molecule has 1 aliphatic rings. The summed E-state index contributed by atoms with van der Waals surface area (Å²) in [6.45, 7) is 4.94. The molecule has 2 heterocycles. The van der Waals surface area contributed by atoms with Gasteiger partial charge in [-0.15, -0.1) is 0 Å². The quantitative estimate of drug-likeness (QED) is 0.496. The lowest BCUT2D eigenvalue weighted by atomic mass is 10.1. The number of hydrogen-bond acceptors (Lipinski definition) is 5. The maximum Gasteiger partial charge on any atom is 0.253 e. The summed E-state index contributed by atoms with van der Waals surface area (Å²) >= 11 is 0. The zero-order valence-corrected chi connectivity index (χ0v) is 20.9. The molecule has 1 N–H and O–H groups in total. The molecule has 3 aromatic rings. The maximum atomic E-state index is 13.2. The predicted octanol–water partition coefficient (Wildman–Crippen LogP) is 3.41. The number of imidazole rings is 1. The van der Waals surface area contributed by atoms with E-state index in [0.717, 1.165) is 61.4 Å². The van der Waals surface area contributed by atoms with E-state index in [1.54, 1.807) is 12.1 Å². The fraction of sp³-hybridized carbons (Fsp3) is 0.440. The fourth-order valence-electron chi connectivity index (χ4n) is 4.49. The van der Waals surface area contributed by atoms with Crippen molar-refractivity contribution in [1.82, 2.24) is 19.2 Å². The predicted molar refractivity (Wildman–Crippen MR) is 135 cm³/mol. The summed E-state index contributed by atoms with van der Waals surface area (Å²) in [5.41, 5.74) is 3.26. The summed E-state index contributed by atoms with van der Waals surface area (Å²) in [7, 11) is -0.645. The largest absolute Gasteiger partial charge is 0.371 e. The standard InChI is InChI=1S/C25H33N5O3S/c1-19-27-22-10-5-6-11-24(22)30(19)17-9-14-26-25(31)21-18-20(34(32,33)28(2)3)12-13-23(21)29-15-7-4-8-16-29/h5-6,10-13,18H,4,7-9,14-17H2,1-3H3,(H,26,31). The molecule has 0 saturated carbocycles. The van der Waals surface area contributed by atoms with Gasteiger partial charge in [-0.05, 0) is 62.9 Å².